The van der Waals surface area contributed by atoms with Crippen LogP contribution in [0.25, 0.3) is 0 Å². The maximum atomic E-state index is 14.0. The Balaban J connectivity index is 2.10. The summed E-state index contributed by atoms with van der Waals surface area (Å²) in [6.45, 7) is 2.40. The van der Waals surface area contributed by atoms with E-state index in [1.54, 1.807) is 12.1 Å². The molecule has 0 saturated carbocycles. The Morgan fingerprint density at radius 3 is 2.58 bits per heavy atom. The van der Waals surface area contributed by atoms with Crippen molar-refractivity contribution in [1.82, 2.24) is 4.83 Å². The summed E-state index contributed by atoms with van der Waals surface area (Å²) in [4.78, 5) is 2.19. The molecule has 0 aliphatic heterocycles. The van der Waals surface area contributed by atoms with Gasteiger partial charge < -0.3 is 9.47 Å². The third kappa shape index (κ3) is 5.52. The average molecular weight is 445 g/mol. The Morgan fingerprint density at radius 1 is 1.23 bits per heavy atom. The van der Waals surface area contributed by atoms with Crippen molar-refractivity contribution in [3.8, 4) is 5.75 Å². The maximum absolute atomic E-state index is 14.0. The Hall–Kier alpha value is -1.97. The minimum atomic E-state index is -3.79. The number of benzene rings is 2. The Kier molecular flexibility index (Phi) is 7.13. The fourth-order valence-corrected chi connectivity index (χ4v) is 3.14. The number of nitrogens with zero attached hydrogens (tertiary/aromatic N) is 1. The van der Waals surface area contributed by atoms with Crippen molar-refractivity contribution in [3.05, 3.63) is 57.8 Å². The lowest BCUT2D eigenvalue weighted by Gasteiger charge is -2.09. The highest BCUT2D eigenvalue weighted by atomic mass is 79.9. The second kappa shape index (κ2) is 9.11. The number of halogens is 2. The fraction of sp³-hybridized carbons (Fsp3) is 0.235. The Morgan fingerprint density at radius 2 is 1.92 bits per heavy atom. The van der Waals surface area contributed by atoms with Crippen molar-refractivity contribution >= 4 is 32.2 Å². The summed E-state index contributed by atoms with van der Waals surface area (Å²) in [5.41, 5.74) is 1.30. The largest absolute Gasteiger partial charge is 0.488 e. The number of methoxy groups -OCH3 is 1. The molecule has 0 heterocycles. The maximum Gasteiger partial charge on any atom is 0.276 e. The summed E-state index contributed by atoms with van der Waals surface area (Å²) >= 11 is 3.28. The molecular weight excluding hydrogens is 427 g/mol. The van der Waals surface area contributed by atoms with Gasteiger partial charge in [-0.1, -0.05) is 17.7 Å². The van der Waals surface area contributed by atoms with E-state index in [-0.39, 0.29) is 17.3 Å². The van der Waals surface area contributed by atoms with Crippen molar-refractivity contribution in [1.29, 1.82) is 0 Å². The third-order valence-corrected chi connectivity index (χ3v) is 5.23. The van der Waals surface area contributed by atoms with Gasteiger partial charge in [-0.15, -0.1) is 0 Å². The normalized spacial score (nSPS) is 11.7. The highest BCUT2D eigenvalue weighted by Gasteiger charge is 2.12. The molecule has 2 rings (SSSR count). The van der Waals surface area contributed by atoms with Crippen LogP contribution in [0.15, 0.2) is 50.9 Å². The molecular formula is C17H18BrFN2O4S. The molecule has 1 N–H and O–H groups in total. The van der Waals surface area contributed by atoms with Crippen LogP contribution in [0.1, 0.15) is 11.1 Å². The van der Waals surface area contributed by atoms with Crippen LogP contribution in [-0.2, 0) is 14.8 Å². The van der Waals surface area contributed by atoms with Gasteiger partial charge in [-0.3, -0.25) is 0 Å². The number of nitrogens with one attached hydrogen (secondary N) is 1. The molecule has 140 valence electrons. The number of rotatable bonds is 8. The van der Waals surface area contributed by atoms with Gasteiger partial charge in [-0.2, -0.15) is 13.5 Å². The van der Waals surface area contributed by atoms with Gasteiger partial charge in [0, 0.05) is 17.1 Å². The van der Waals surface area contributed by atoms with Crippen LogP contribution in [0, 0.1) is 12.7 Å². The monoisotopic (exact) mass is 444 g/mol. The molecule has 0 aromatic heterocycles. The number of sulfonamides is 1. The van der Waals surface area contributed by atoms with Crippen molar-refractivity contribution < 1.29 is 22.3 Å². The van der Waals surface area contributed by atoms with Gasteiger partial charge in [0.1, 0.15) is 6.61 Å². The standard InChI is InChI=1S/C17H18BrFN2O4S/c1-12-3-5-14(6-4-12)26(22,23)21-20-11-13-9-16(19)17(10-15(13)18)25-8-7-24-2/h3-6,9-11,21H,7-8H2,1-2H3/b20-11+. The number of aryl methyl sites for hydroxylation is 1. The minimum absolute atomic E-state index is 0.0614. The zero-order chi connectivity index (χ0) is 19.2. The lowest BCUT2D eigenvalue weighted by Crippen LogP contribution is -2.18. The van der Waals surface area contributed by atoms with Gasteiger partial charge >= 0.3 is 0 Å². The van der Waals surface area contributed by atoms with E-state index in [0.717, 1.165) is 5.56 Å². The highest BCUT2D eigenvalue weighted by molar-refractivity contribution is 9.10. The first kappa shape index (κ1) is 20.3. The van der Waals surface area contributed by atoms with Crippen LogP contribution >= 0.6 is 15.9 Å². The molecule has 2 aromatic carbocycles. The molecule has 0 unspecified atom stereocenters. The van der Waals surface area contributed by atoms with Crippen molar-refractivity contribution in [3.63, 3.8) is 0 Å². The van der Waals surface area contributed by atoms with E-state index in [0.29, 0.717) is 16.6 Å². The van der Waals surface area contributed by atoms with E-state index in [1.165, 1.54) is 37.6 Å². The second-order valence-electron chi connectivity index (χ2n) is 5.31. The third-order valence-electron chi connectivity index (χ3n) is 3.30. The van der Waals surface area contributed by atoms with Crippen LogP contribution in [0.4, 0.5) is 4.39 Å². The fourth-order valence-electron chi connectivity index (χ4n) is 1.92. The smallest absolute Gasteiger partial charge is 0.276 e. The van der Waals surface area contributed by atoms with E-state index in [4.69, 9.17) is 9.47 Å². The first-order chi connectivity index (χ1) is 12.3. The Bertz CT molecular complexity index is 886. The first-order valence-electron chi connectivity index (χ1n) is 7.56. The number of hydrogen-bond acceptors (Lipinski definition) is 5. The van der Waals surface area contributed by atoms with Gasteiger partial charge in [-0.05, 0) is 47.1 Å². The van der Waals surface area contributed by atoms with Gasteiger partial charge in [0.2, 0.25) is 0 Å². The zero-order valence-electron chi connectivity index (χ0n) is 14.2. The van der Waals surface area contributed by atoms with Crippen LogP contribution in [0.2, 0.25) is 0 Å². The highest BCUT2D eigenvalue weighted by Crippen LogP contribution is 2.25. The van der Waals surface area contributed by atoms with Crippen molar-refractivity contribution in [2.24, 2.45) is 5.10 Å². The molecule has 0 saturated heterocycles. The predicted molar refractivity (Wildman–Crippen MR) is 101 cm³/mol. The summed E-state index contributed by atoms with van der Waals surface area (Å²) in [5, 5.41) is 3.70. The van der Waals surface area contributed by atoms with Crippen LogP contribution in [0.5, 0.6) is 5.75 Å². The number of hydrogen-bond donors (Lipinski definition) is 1. The topological polar surface area (TPSA) is 77.0 Å². The van der Waals surface area contributed by atoms with Crippen molar-refractivity contribution in [2.45, 2.75) is 11.8 Å². The predicted octanol–water partition coefficient (Wildman–Crippen LogP) is 3.23. The molecule has 2 aromatic rings. The summed E-state index contributed by atoms with van der Waals surface area (Å²) in [6, 6.07) is 8.97. The molecule has 0 radical (unpaired) electrons. The Labute approximate surface area is 160 Å². The number of ether oxygens (including phenoxy) is 2. The van der Waals surface area contributed by atoms with Gasteiger partial charge in [0.15, 0.2) is 11.6 Å². The van der Waals surface area contributed by atoms with Crippen LogP contribution < -0.4 is 9.57 Å². The van der Waals surface area contributed by atoms with Crippen LogP contribution in [0.3, 0.4) is 0 Å². The summed E-state index contributed by atoms with van der Waals surface area (Å²) in [6.07, 6.45) is 1.21. The van der Waals surface area contributed by atoms with E-state index in [9.17, 15) is 12.8 Å². The lowest BCUT2D eigenvalue weighted by atomic mass is 10.2. The molecule has 0 atom stereocenters. The number of hydrazone groups is 1. The molecule has 0 amide bonds. The van der Waals surface area contributed by atoms with E-state index in [1.807, 2.05) is 6.92 Å². The van der Waals surface area contributed by atoms with E-state index in [2.05, 4.69) is 25.9 Å². The van der Waals surface area contributed by atoms with E-state index < -0.39 is 15.8 Å². The summed E-state index contributed by atoms with van der Waals surface area (Å²) < 4.78 is 48.9. The van der Waals surface area contributed by atoms with Crippen LogP contribution in [-0.4, -0.2) is 35.0 Å². The molecule has 26 heavy (non-hydrogen) atoms. The van der Waals surface area contributed by atoms with E-state index >= 15 is 0 Å². The molecule has 9 heteroatoms. The van der Waals surface area contributed by atoms with Gasteiger partial charge in [0.25, 0.3) is 10.0 Å². The molecule has 0 spiro atoms. The molecule has 0 fully saturated rings. The molecule has 0 bridgehead atoms. The minimum Gasteiger partial charge on any atom is -0.488 e. The molecule has 6 nitrogen and oxygen atoms in total. The first-order valence-corrected chi connectivity index (χ1v) is 9.83. The SMILES string of the molecule is COCCOc1cc(Br)c(/C=N/NS(=O)(=O)c2ccc(C)cc2)cc1F. The van der Waals surface area contributed by atoms with Crippen molar-refractivity contribution in [2.75, 3.05) is 20.3 Å². The molecule has 0 aliphatic rings. The van der Waals surface area contributed by atoms with Gasteiger partial charge in [-0.25, -0.2) is 9.22 Å². The lowest BCUT2D eigenvalue weighted by molar-refractivity contribution is 0.144. The van der Waals surface area contributed by atoms with Gasteiger partial charge in [0.05, 0.1) is 17.7 Å². The summed E-state index contributed by atoms with van der Waals surface area (Å²) in [7, 11) is -2.27. The summed E-state index contributed by atoms with van der Waals surface area (Å²) in [5.74, 6) is -0.529. The second-order valence-corrected chi connectivity index (χ2v) is 7.83. The molecule has 0 aliphatic carbocycles. The quantitative estimate of drug-likeness (QED) is 0.385. The average Bonchev–Trinajstić information content (AvgIpc) is 2.59. The zero-order valence-corrected chi connectivity index (χ0v) is 16.6.